The fourth-order valence-electron chi connectivity index (χ4n) is 2.37. The van der Waals surface area contributed by atoms with E-state index in [4.69, 9.17) is 0 Å². The van der Waals surface area contributed by atoms with Gasteiger partial charge in [-0.2, -0.15) is 5.10 Å². The number of fused-ring (bicyclic) bond motifs is 2. The maximum absolute atomic E-state index is 4.47. The van der Waals surface area contributed by atoms with E-state index >= 15 is 0 Å². The molecule has 0 amide bonds. The lowest BCUT2D eigenvalue weighted by atomic mass is 10.1. The SMILES string of the molecule is Cc1ccc2[nH]nc3c2c1Sc1ccccc1-3. The van der Waals surface area contributed by atoms with Crippen molar-refractivity contribution in [2.75, 3.05) is 0 Å². The Morgan fingerprint density at radius 2 is 2.00 bits per heavy atom. The molecule has 0 saturated carbocycles. The van der Waals surface area contributed by atoms with Crippen LogP contribution >= 0.6 is 11.8 Å². The highest BCUT2D eigenvalue weighted by molar-refractivity contribution is 7.99. The number of aryl methyl sites for hydroxylation is 1. The van der Waals surface area contributed by atoms with Crippen LogP contribution in [0.5, 0.6) is 0 Å². The third kappa shape index (κ3) is 1.15. The van der Waals surface area contributed by atoms with Crippen molar-refractivity contribution >= 4 is 22.7 Å². The van der Waals surface area contributed by atoms with Crippen LogP contribution in [0, 0.1) is 6.92 Å². The molecule has 0 fully saturated rings. The van der Waals surface area contributed by atoms with Crippen LogP contribution in [-0.4, -0.2) is 10.2 Å². The lowest BCUT2D eigenvalue weighted by Crippen LogP contribution is -1.91. The van der Waals surface area contributed by atoms with Crippen LogP contribution in [0.15, 0.2) is 46.2 Å². The second-order valence-corrected chi connectivity index (χ2v) is 5.36. The Morgan fingerprint density at radius 1 is 1.12 bits per heavy atom. The van der Waals surface area contributed by atoms with Gasteiger partial charge in [-0.3, -0.25) is 5.10 Å². The summed E-state index contributed by atoms with van der Waals surface area (Å²) in [5.41, 5.74) is 4.78. The second kappa shape index (κ2) is 3.14. The minimum Gasteiger partial charge on any atom is -0.277 e. The van der Waals surface area contributed by atoms with Crippen LogP contribution in [0.2, 0.25) is 0 Å². The minimum atomic E-state index is 1.09. The Bertz CT molecular complexity index is 743. The van der Waals surface area contributed by atoms with Crippen LogP contribution in [0.1, 0.15) is 5.56 Å². The number of hydrogen-bond acceptors (Lipinski definition) is 2. The van der Waals surface area contributed by atoms with Crippen molar-refractivity contribution in [2.45, 2.75) is 16.7 Å². The first-order chi connectivity index (χ1) is 8.34. The van der Waals surface area contributed by atoms with Crippen LogP contribution in [0.4, 0.5) is 0 Å². The lowest BCUT2D eigenvalue weighted by molar-refractivity contribution is 1.12. The molecule has 1 aliphatic heterocycles. The molecule has 3 aromatic rings. The van der Waals surface area contributed by atoms with Crippen LogP contribution in [0.3, 0.4) is 0 Å². The summed E-state index contributed by atoms with van der Waals surface area (Å²) in [7, 11) is 0. The van der Waals surface area contributed by atoms with E-state index in [1.165, 1.54) is 26.3 Å². The zero-order valence-corrected chi connectivity index (χ0v) is 10.1. The highest BCUT2D eigenvalue weighted by Gasteiger charge is 2.22. The number of nitrogens with zero attached hydrogens (tertiary/aromatic N) is 1. The van der Waals surface area contributed by atoms with E-state index in [9.17, 15) is 0 Å². The molecule has 0 saturated heterocycles. The summed E-state index contributed by atoms with van der Waals surface area (Å²) < 4.78 is 0. The standard InChI is InChI=1S/C14H10N2S/c1-8-6-7-10-12-13(16-15-10)9-4-2-3-5-11(9)17-14(8)12/h2-7H,1H3,(H,15,16). The van der Waals surface area contributed by atoms with Crippen molar-refractivity contribution in [3.8, 4) is 11.3 Å². The summed E-state index contributed by atoms with van der Waals surface area (Å²) in [4.78, 5) is 2.63. The van der Waals surface area contributed by atoms with E-state index in [-0.39, 0.29) is 0 Å². The maximum atomic E-state index is 4.47. The van der Waals surface area contributed by atoms with Gasteiger partial charge in [0.1, 0.15) is 5.69 Å². The van der Waals surface area contributed by atoms with Crippen LogP contribution < -0.4 is 0 Å². The fourth-order valence-corrected chi connectivity index (χ4v) is 3.55. The van der Waals surface area contributed by atoms with Gasteiger partial charge in [0.2, 0.25) is 0 Å². The topological polar surface area (TPSA) is 28.7 Å². The van der Waals surface area contributed by atoms with E-state index in [1.54, 1.807) is 0 Å². The molecule has 1 aromatic heterocycles. The quantitative estimate of drug-likeness (QED) is 0.501. The van der Waals surface area contributed by atoms with E-state index in [2.05, 4.69) is 53.5 Å². The molecule has 2 nitrogen and oxygen atoms in total. The Kier molecular flexibility index (Phi) is 1.72. The zero-order valence-electron chi connectivity index (χ0n) is 9.32. The molecule has 0 radical (unpaired) electrons. The minimum absolute atomic E-state index is 1.09. The molecule has 0 unspecified atom stereocenters. The van der Waals surface area contributed by atoms with Gasteiger partial charge in [-0.15, -0.1) is 0 Å². The number of benzene rings is 2. The number of hydrogen-bond donors (Lipinski definition) is 1. The molecule has 2 heterocycles. The second-order valence-electron chi connectivity index (χ2n) is 4.30. The molecular weight excluding hydrogens is 228 g/mol. The predicted octanol–water partition coefficient (Wildman–Crippen LogP) is 4.00. The molecule has 0 spiro atoms. The first-order valence-electron chi connectivity index (χ1n) is 5.59. The number of rotatable bonds is 0. The molecule has 4 rings (SSSR count). The van der Waals surface area contributed by atoms with Gasteiger partial charge in [0.05, 0.1) is 5.52 Å². The molecular formula is C14H10N2S. The number of aromatic nitrogens is 2. The van der Waals surface area contributed by atoms with Crippen molar-refractivity contribution in [1.82, 2.24) is 10.2 Å². The Labute approximate surface area is 103 Å². The molecule has 1 aliphatic rings. The predicted molar refractivity (Wildman–Crippen MR) is 70.4 cm³/mol. The molecule has 3 heteroatoms. The molecule has 2 aromatic carbocycles. The summed E-state index contributed by atoms with van der Waals surface area (Å²) in [6, 6.07) is 12.7. The van der Waals surface area contributed by atoms with Crippen molar-refractivity contribution in [3.63, 3.8) is 0 Å². The molecule has 17 heavy (non-hydrogen) atoms. The van der Waals surface area contributed by atoms with Gasteiger partial charge >= 0.3 is 0 Å². The molecule has 0 bridgehead atoms. The van der Waals surface area contributed by atoms with E-state index in [0.29, 0.717) is 0 Å². The Hall–Kier alpha value is -1.74. The molecule has 82 valence electrons. The van der Waals surface area contributed by atoms with Gasteiger partial charge in [0.15, 0.2) is 0 Å². The van der Waals surface area contributed by atoms with Gasteiger partial charge in [-0.25, -0.2) is 0 Å². The highest BCUT2D eigenvalue weighted by atomic mass is 32.2. The van der Waals surface area contributed by atoms with E-state index in [0.717, 1.165) is 11.2 Å². The lowest BCUT2D eigenvalue weighted by Gasteiger charge is -2.16. The average Bonchev–Trinajstić information content (AvgIpc) is 2.79. The Balaban J connectivity index is 2.21. The van der Waals surface area contributed by atoms with Gasteiger partial charge < -0.3 is 0 Å². The van der Waals surface area contributed by atoms with Crippen LogP contribution in [0.25, 0.3) is 22.2 Å². The monoisotopic (exact) mass is 238 g/mol. The van der Waals surface area contributed by atoms with Gasteiger partial charge in [-0.05, 0) is 24.6 Å². The maximum Gasteiger partial charge on any atom is 0.102 e. The average molecular weight is 238 g/mol. The summed E-state index contributed by atoms with van der Waals surface area (Å²) in [5, 5.41) is 8.87. The van der Waals surface area contributed by atoms with E-state index < -0.39 is 0 Å². The Morgan fingerprint density at radius 3 is 2.94 bits per heavy atom. The van der Waals surface area contributed by atoms with Crippen molar-refractivity contribution in [3.05, 3.63) is 42.0 Å². The van der Waals surface area contributed by atoms with Gasteiger partial charge in [0, 0.05) is 20.7 Å². The van der Waals surface area contributed by atoms with Crippen molar-refractivity contribution in [1.29, 1.82) is 0 Å². The number of nitrogens with one attached hydrogen (secondary N) is 1. The first-order valence-corrected chi connectivity index (χ1v) is 6.41. The summed E-state index contributed by atoms with van der Waals surface area (Å²) in [5.74, 6) is 0. The number of H-pyrrole nitrogens is 1. The third-order valence-electron chi connectivity index (χ3n) is 3.23. The summed E-state index contributed by atoms with van der Waals surface area (Å²) in [6.07, 6.45) is 0. The fraction of sp³-hybridized carbons (Fsp3) is 0.0714. The molecule has 1 N–H and O–H groups in total. The van der Waals surface area contributed by atoms with Crippen LogP contribution in [-0.2, 0) is 0 Å². The largest absolute Gasteiger partial charge is 0.277 e. The molecule has 0 aliphatic carbocycles. The summed E-state index contributed by atoms with van der Waals surface area (Å²) in [6.45, 7) is 2.16. The normalized spacial score (nSPS) is 12.8. The number of aromatic amines is 1. The van der Waals surface area contributed by atoms with E-state index in [1.807, 2.05) is 11.8 Å². The highest BCUT2D eigenvalue weighted by Crippen LogP contribution is 2.47. The van der Waals surface area contributed by atoms with Crippen molar-refractivity contribution < 1.29 is 0 Å². The summed E-state index contributed by atoms with van der Waals surface area (Å²) >= 11 is 1.85. The third-order valence-corrected chi connectivity index (χ3v) is 4.54. The van der Waals surface area contributed by atoms with Gasteiger partial charge in [0.25, 0.3) is 0 Å². The van der Waals surface area contributed by atoms with Crippen molar-refractivity contribution in [2.24, 2.45) is 0 Å². The first kappa shape index (κ1) is 9.31. The smallest absolute Gasteiger partial charge is 0.102 e. The molecule has 0 atom stereocenters. The zero-order chi connectivity index (χ0) is 11.4. The van der Waals surface area contributed by atoms with Gasteiger partial charge in [-0.1, -0.05) is 36.0 Å².